The van der Waals surface area contributed by atoms with Crippen molar-refractivity contribution < 1.29 is 18.9 Å². The third-order valence-corrected chi connectivity index (χ3v) is 4.11. The first-order chi connectivity index (χ1) is 11.9. The molecule has 136 valence electrons. The predicted octanol–water partition coefficient (Wildman–Crippen LogP) is 4.52. The molecule has 2 aliphatic heterocycles. The zero-order chi connectivity index (χ0) is 16.9. The number of rotatable bonds is 9. The largest absolute Gasteiger partial charge is 0.353 e. The van der Waals surface area contributed by atoms with E-state index < -0.39 is 0 Å². The molecule has 2 saturated heterocycles. The van der Waals surface area contributed by atoms with E-state index in [9.17, 15) is 0 Å². The highest BCUT2D eigenvalue weighted by molar-refractivity contribution is 5.04. The van der Waals surface area contributed by atoms with Crippen molar-refractivity contribution in [3.63, 3.8) is 0 Å². The third kappa shape index (κ3) is 8.25. The maximum absolute atomic E-state index is 5.98. The molecule has 0 bridgehead atoms. The van der Waals surface area contributed by atoms with Gasteiger partial charge < -0.3 is 18.9 Å². The molecule has 24 heavy (non-hydrogen) atoms. The summed E-state index contributed by atoms with van der Waals surface area (Å²) in [7, 11) is 0. The highest BCUT2D eigenvalue weighted by Crippen LogP contribution is 2.16. The molecule has 2 rings (SSSR count). The van der Waals surface area contributed by atoms with Gasteiger partial charge in [0, 0.05) is 13.2 Å². The minimum Gasteiger partial charge on any atom is -0.353 e. The average Bonchev–Trinajstić information content (AvgIpc) is 2.63. The molecular weight excluding hydrogens is 304 g/mol. The molecule has 0 radical (unpaired) electrons. The summed E-state index contributed by atoms with van der Waals surface area (Å²) in [4.78, 5) is 0. The number of hydrogen-bond donors (Lipinski definition) is 0. The van der Waals surface area contributed by atoms with E-state index in [2.05, 4.69) is 30.4 Å². The van der Waals surface area contributed by atoms with E-state index in [1.54, 1.807) is 0 Å². The SMILES string of the molecule is C/C=C/C(/C=C/C/C=C/COC1CCCCO1)OC1CCCCO1. The van der Waals surface area contributed by atoms with Crippen LogP contribution in [0.1, 0.15) is 51.9 Å². The minimum atomic E-state index is -0.0657. The normalized spacial score (nSPS) is 27.4. The van der Waals surface area contributed by atoms with Crippen LogP contribution in [-0.4, -0.2) is 38.5 Å². The zero-order valence-corrected chi connectivity index (χ0v) is 14.9. The minimum absolute atomic E-state index is 0.0121. The van der Waals surface area contributed by atoms with Gasteiger partial charge in [-0.1, -0.05) is 36.5 Å². The lowest BCUT2D eigenvalue weighted by molar-refractivity contribution is -0.169. The van der Waals surface area contributed by atoms with Gasteiger partial charge in [0.2, 0.25) is 0 Å². The molecule has 0 spiro atoms. The van der Waals surface area contributed by atoms with Crippen molar-refractivity contribution in [2.24, 2.45) is 0 Å². The van der Waals surface area contributed by atoms with Gasteiger partial charge >= 0.3 is 0 Å². The molecule has 0 amide bonds. The molecule has 2 aliphatic rings. The first-order valence-electron chi connectivity index (χ1n) is 9.33. The van der Waals surface area contributed by atoms with Crippen LogP contribution in [0.25, 0.3) is 0 Å². The molecule has 0 aromatic carbocycles. The van der Waals surface area contributed by atoms with Crippen LogP contribution in [-0.2, 0) is 18.9 Å². The van der Waals surface area contributed by atoms with Crippen molar-refractivity contribution in [1.29, 1.82) is 0 Å². The number of hydrogen-bond acceptors (Lipinski definition) is 4. The summed E-state index contributed by atoms with van der Waals surface area (Å²) >= 11 is 0. The summed E-state index contributed by atoms with van der Waals surface area (Å²) in [5.74, 6) is 0. The molecule has 0 aromatic heterocycles. The quantitative estimate of drug-likeness (QED) is 0.580. The smallest absolute Gasteiger partial charge is 0.158 e. The Morgan fingerprint density at radius 1 is 0.917 bits per heavy atom. The lowest BCUT2D eigenvalue weighted by Gasteiger charge is -2.25. The van der Waals surface area contributed by atoms with Crippen LogP contribution in [0.3, 0.4) is 0 Å². The summed E-state index contributed by atoms with van der Waals surface area (Å²) in [5.41, 5.74) is 0. The van der Waals surface area contributed by atoms with E-state index in [1.807, 2.05) is 13.0 Å². The monoisotopic (exact) mass is 336 g/mol. The molecule has 0 aromatic rings. The first kappa shape index (κ1) is 19.4. The van der Waals surface area contributed by atoms with Gasteiger partial charge in [-0.3, -0.25) is 0 Å². The van der Waals surface area contributed by atoms with Crippen molar-refractivity contribution in [3.8, 4) is 0 Å². The molecule has 0 saturated carbocycles. The molecule has 4 nitrogen and oxygen atoms in total. The summed E-state index contributed by atoms with van der Waals surface area (Å²) in [6, 6.07) is 0. The van der Waals surface area contributed by atoms with Gasteiger partial charge in [-0.05, 0) is 51.9 Å². The lowest BCUT2D eigenvalue weighted by atomic mass is 10.2. The number of ether oxygens (including phenoxy) is 4. The first-order valence-corrected chi connectivity index (χ1v) is 9.33. The molecule has 4 heteroatoms. The molecule has 0 aliphatic carbocycles. The molecule has 2 fully saturated rings. The van der Waals surface area contributed by atoms with E-state index >= 15 is 0 Å². The Bertz CT molecular complexity index is 390. The van der Waals surface area contributed by atoms with Gasteiger partial charge in [-0.15, -0.1) is 0 Å². The Hall–Kier alpha value is -0.940. The fourth-order valence-corrected chi connectivity index (χ4v) is 2.80. The second kappa shape index (κ2) is 12.4. The predicted molar refractivity (Wildman–Crippen MR) is 95.7 cm³/mol. The Kier molecular flexibility index (Phi) is 10.0. The van der Waals surface area contributed by atoms with E-state index in [0.29, 0.717) is 6.61 Å². The molecule has 2 heterocycles. The molecule has 3 unspecified atom stereocenters. The van der Waals surface area contributed by atoms with Gasteiger partial charge in [0.25, 0.3) is 0 Å². The van der Waals surface area contributed by atoms with Crippen LogP contribution < -0.4 is 0 Å². The number of allylic oxidation sites excluding steroid dienone is 3. The second-order valence-electron chi connectivity index (χ2n) is 6.19. The van der Waals surface area contributed by atoms with Crippen molar-refractivity contribution >= 4 is 0 Å². The van der Waals surface area contributed by atoms with Gasteiger partial charge in [0.05, 0.1) is 12.7 Å². The highest BCUT2D eigenvalue weighted by atomic mass is 16.7. The Labute approximate surface area is 146 Å². The second-order valence-corrected chi connectivity index (χ2v) is 6.19. The topological polar surface area (TPSA) is 36.9 Å². The molecule has 3 atom stereocenters. The highest BCUT2D eigenvalue weighted by Gasteiger charge is 2.16. The molecular formula is C20H32O4. The van der Waals surface area contributed by atoms with Gasteiger partial charge in [0.1, 0.15) is 0 Å². The van der Waals surface area contributed by atoms with E-state index in [-0.39, 0.29) is 18.7 Å². The summed E-state index contributed by atoms with van der Waals surface area (Å²) in [5, 5.41) is 0. The maximum Gasteiger partial charge on any atom is 0.158 e. The van der Waals surface area contributed by atoms with Crippen LogP contribution in [0, 0.1) is 0 Å². The standard InChI is InChI=1S/C20H32O4/c1-2-11-18(24-20-14-7-10-17-23-20)12-5-3-4-8-15-21-19-13-6-9-16-22-19/h2,4-5,8,11-12,18-20H,3,6-7,9-10,13-17H2,1H3/b8-4+,11-2+,12-5+. The fraction of sp³-hybridized carbons (Fsp3) is 0.700. The lowest BCUT2D eigenvalue weighted by Crippen LogP contribution is -2.26. The summed E-state index contributed by atoms with van der Waals surface area (Å²) in [6.45, 7) is 4.26. The maximum atomic E-state index is 5.98. The molecule has 0 N–H and O–H groups in total. The van der Waals surface area contributed by atoms with Crippen LogP contribution in [0.4, 0.5) is 0 Å². The van der Waals surface area contributed by atoms with Crippen LogP contribution in [0.5, 0.6) is 0 Å². The van der Waals surface area contributed by atoms with Crippen molar-refractivity contribution in [2.45, 2.75) is 70.6 Å². The van der Waals surface area contributed by atoms with Crippen molar-refractivity contribution in [3.05, 3.63) is 36.5 Å². The Morgan fingerprint density at radius 2 is 1.67 bits per heavy atom. The third-order valence-electron chi connectivity index (χ3n) is 4.11. The summed E-state index contributed by atoms with van der Waals surface area (Å²) < 4.78 is 22.8. The average molecular weight is 336 g/mol. The Balaban J connectivity index is 1.61. The van der Waals surface area contributed by atoms with Gasteiger partial charge in [-0.25, -0.2) is 0 Å². The van der Waals surface area contributed by atoms with E-state index in [0.717, 1.165) is 45.3 Å². The van der Waals surface area contributed by atoms with Crippen molar-refractivity contribution in [1.82, 2.24) is 0 Å². The van der Waals surface area contributed by atoms with Crippen LogP contribution in [0.2, 0.25) is 0 Å². The fourth-order valence-electron chi connectivity index (χ4n) is 2.80. The van der Waals surface area contributed by atoms with Gasteiger partial charge in [-0.2, -0.15) is 0 Å². The van der Waals surface area contributed by atoms with E-state index in [1.165, 1.54) is 12.8 Å². The van der Waals surface area contributed by atoms with E-state index in [4.69, 9.17) is 18.9 Å². The summed E-state index contributed by atoms with van der Waals surface area (Å²) in [6.07, 6.45) is 19.9. The van der Waals surface area contributed by atoms with Gasteiger partial charge in [0.15, 0.2) is 12.6 Å². The Morgan fingerprint density at radius 3 is 2.33 bits per heavy atom. The van der Waals surface area contributed by atoms with Crippen molar-refractivity contribution in [2.75, 3.05) is 19.8 Å². The van der Waals surface area contributed by atoms with Crippen LogP contribution in [0.15, 0.2) is 36.5 Å². The van der Waals surface area contributed by atoms with Crippen LogP contribution >= 0.6 is 0 Å². The zero-order valence-electron chi connectivity index (χ0n) is 14.9.